The molecule has 7 nitrogen and oxygen atoms in total. The molecule has 0 bridgehead atoms. The number of hydrogen-bond acceptors (Lipinski definition) is 6. The van der Waals surface area contributed by atoms with E-state index < -0.39 is 11.9 Å². The van der Waals surface area contributed by atoms with E-state index in [0.717, 1.165) is 0 Å². The number of rotatable bonds is 4. The molecule has 0 unspecified atom stereocenters. The summed E-state index contributed by atoms with van der Waals surface area (Å²) in [6.45, 7) is 0. The third kappa shape index (κ3) is 2.10. The van der Waals surface area contributed by atoms with Crippen LogP contribution in [0.5, 0.6) is 11.5 Å². The van der Waals surface area contributed by atoms with Crippen molar-refractivity contribution in [2.75, 3.05) is 14.2 Å². The minimum atomic E-state index is -1.28. The first-order valence-corrected chi connectivity index (χ1v) is 4.95. The van der Waals surface area contributed by atoms with Crippen molar-refractivity contribution >= 4 is 5.97 Å². The first-order chi connectivity index (χ1) is 8.65. The first kappa shape index (κ1) is 11.9. The molecule has 0 aliphatic carbocycles. The van der Waals surface area contributed by atoms with Crippen LogP contribution >= 0.6 is 0 Å². The zero-order chi connectivity index (χ0) is 13.1. The number of carbonyl (C=O) groups is 1. The Bertz CT molecular complexity index is 579. The number of aromatic nitrogens is 2. The molecule has 7 heteroatoms. The van der Waals surface area contributed by atoms with E-state index in [1.807, 2.05) is 0 Å². The highest BCUT2D eigenvalue weighted by Gasteiger charge is 2.17. The summed E-state index contributed by atoms with van der Waals surface area (Å²) in [6.07, 6.45) is 0. The maximum absolute atomic E-state index is 10.7. The molecular weight excluding hydrogens is 240 g/mol. The van der Waals surface area contributed by atoms with Crippen LogP contribution in [0.4, 0.5) is 0 Å². The summed E-state index contributed by atoms with van der Waals surface area (Å²) in [4.78, 5) is 10.7. The maximum atomic E-state index is 10.7. The second-order valence-corrected chi connectivity index (χ2v) is 3.28. The maximum Gasteiger partial charge on any atom is 0.393 e. The van der Waals surface area contributed by atoms with Gasteiger partial charge < -0.3 is 19.0 Å². The Kier molecular flexibility index (Phi) is 3.13. The van der Waals surface area contributed by atoms with Crippen molar-refractivity contribution in [2.45, 2.75) is 0 Å². The van der Waals surface area contributed by atoms with Gasteiger partial charge in [-0.05, 0) is 12.1 Å². The van der Waals surface area contributed by atoms with Gasteiger partial charge in [0.2, 0.25) is 0 Å². The van der Waals surface area contributed by atoms with Crippen LogP contribution in [0.25, 0.3) is 11.5 Å². The Balaban J connectivity index is 2.45. The lowest BCUT2D eigenvalue weighted by molar-refractivity contribution is 0.0654. The number of carboxylic acid groups (broad SMARTS) is 1. The van der Waals surface area contributed by atoms with Crippen LogP contribution in [0.3, 0.4) is 0 Å². The van der Waals surface area contributed by atoms with E-state index in [0.29, 0.717) is 17.1 Å². The zero-order valence-electron chi connectivity index (χ0n) is 9.71. The molecule has 0 saturated heterocycles. The summed E-state index contributed by atoms with van der Waals surface area (Å²) in [5, 5.41) is 15.8. The number of nitrogens with zero attached hydrogens (tertiary/aromatic N) is 2. The molecule has 1 heterocycles. The van der Waals surface area contributed by atoms with E-state index in [2.05, 4.69) is 10.2 Å². The summed E-state index contributed by atoms with van der Waals surface area (Å²) < 4.78 is 15.2. The van der Waals surface area contributed by atoms with E-state index in [4.69, 9.17) is 19.0 Å². The molecule has 18 heavy (non-hydrogen) atoms. The molecule has 2 aromatic rings. The van der Waals surface area contributed by atoms with Gasteiger partial charge in [-0.25, -0.2) is 4.79 Å². The fourth-order valence-corrected chi connectivity index (χ4v) is 1.39. The third-order valence-electron chi connectivity index (χ3n) is 2.25. The first-order valence-electron chi connectivity index (χ1n) is 4.95. The number of methoxy groups -OCH3 is 2. The number of benzene rings is 1. The molecule has 0 atom stereocenters. The molecule has 1 aromatic heterocycles. The smallest absolute Gasteiger partial charge is 0.393 e. The van der Waals surface area contributed by atoms with Gasteiger partial charge in [0.15, 0.2) is 0 Å². The highest BCUT2D eigenvalue weighted by atomic mass is 16.5. The van der Waals surface area contributed by atoms with Crippen molar-refractivity contribution in [3.8, 4) is 23.0 Å². The Labute approximate surface area is 102 Å². The molecule has 1 N–H and O–H groups in total. The van der Waals surface area contributed by atoms with Crippen molar-refractivity contribution in [3.05, 3.63) is 24.1 Å². The lowest BCUT2D eigenvalue weighted by Crippen LogP contribution is -1.95. The molecule has 0 amide bonds. The Hall–Kier alpha value is -2.57. The molecule has 0 radical (unpaired) electrons. The minimum Gasteiger partial charge on any atom is -0.497 e. The number of carboxylic acids is 1. The fraction of sp³-hybridized carbons (Fsp3) is 0.182. The van der Waals surface area contributed by atoms with Crippen LogP contribution in [-0.4, -0.2) is 35.5 Å². The van der Waals surface area contributed by atoms with Crippen LogP contribution < -0.4 is 9.47 Å². The fourth-order valence-electron chi connectivity index (χ4n) is 1.39. The van der Waals surface area contributed by atoms with E-state index >= 15 is 0 Å². The highest BCUT2D eigenvalue weighted by Crippen LogP contribution is 2.32. The number of aromatic carboxylic acids is 1. The monoisotopic (exact) mass is 250 g/mol. The van der Waals surface area contributed by atoms with Crippen LogP contribution in [0.2, 0.25) is 0 Å². The predicted octanol–water partition coefficient (Wildman–Crippen LogP) is 1.45. The van der Waals surface area contributed by atoms with Crippen LogP contribution in [0, 0.1) is 0 Å². The van der Waals surface area contributed by atoms with Crippen molar-refractivity contribution in [1.82, 2.24) is 10.2 Å². The van der Waals surface area contributed by atoms with E-state index in [1.165, 1.54) is 14.2 Å². The van der Waals surface area contributed by atoms with E-state index in [-0.39, 0.29) is 5.89 Å². The van der Waals surface area contributed by atoms with Crippen LogP contribution in [0.1, 0.15) is 10.7 Å². The van der Waals surface area contributed by atoms with Crippen molar-refractivity contribution in [2.24, 2.45) is 0 Å². The largest absolute Gasteiger partial charge is 0.497 e. The molecule has 0 spiro atoms. The topological polar surface area (TPSA) is 94.7 Å². The average Bonchev–Trinajstić information content (AvgIpc) is 2.87. The second-order valence-electron chi connectivity index (χ2n) is 3.28. The van der Waals surface area contributed by atoms with Crippen molar-refractivity contribution < 1.29 is 23.8 Å². The van der Waals surface area contributed by atoms with Gasteiger partial charge in [0.05, 0.1) is 19.8 Å². The minimum absolute atomic E-state index is 0.0758. The molecule has 0 saturated carbocycles. The van der Waals surface area contributed by atoms with Gasteiger partial charge in [-0.15, -0.1) is 10.2 Å². The van der Waals surface area contributed by atoms with Gasteiger partial charge in [-0.3, -0.25) is 0 Å². The van der Waals surface area contributed by atoms with E-state index in [9.17, 15) is 4.79 Å². The number of ether oxygens (including phenoxy) is 2. The van der Waals surface area contributed by atoms with Gasteiger partial charge in [0, 0.05) is 6.07 Å². The number of hydrogen-bond donors (Lipinski definition) is 1. The van der Waals surface area contributed by atoms with Crippen LogP contribution in [0.15, 0.2) is 22.6 Å². The van der Waals surface area contributed by atoms with Gasteiger partial charge in [-0.2, -0.15) is 0 Å². The molecule has 0 fully saturated rings. The summed E-state index contributed by atoms with van der Waals surface area (Å²) in [5.41, 5.74) is 0.498. The van der Waals surface area contributed by atoms with Gasteiger partial charge in [-0.1, -0.05) is 0 Å². The van der Waals surface area contributed by atoms with Crippen LogP contribution in [-0.2, 0) is 0 Å². The molecule has 1 aromatic carbocycles. The van der Waals surface area contributed by atoms with Gasteiger partial charge in [0.1, 0.15) is 11.5 Å². The standard InChI is InChI=1S/C11H10N2O5/c1-16-6-3-4-7(8(5-6)17-2)9-12-13-10(18-9)11(14)15/h3-5H,1-2H3,(H,14,15). The molecular formula is C11H10N2O5. The Morgan fingerprint density at radius 2 is 2.06 bits per heavy atom. The average molecular weight is 250 g/mol. The third-order valence-corrected chi connectivity index (χ3v) is 2.25. The summed E-state index contributed by atoms with van der Waals surface area (Å²) >= 11 is 0. The molecule has 2 rings (SSSR count). The summed E-state index contributed by atoms with van der Waals surface area (Å²) in [5.74, 6) is -0.612. The van der Waals surface area contributed by atoms with Gasteiger partial charge >= 0.3 is 11.9 Å². The van der Waals surface area contributed by atoms with Crippen molar-refractivity contribution in [1.29, 1.82) is 0 Å². The van der Waals surface area contributed by atoms with Crippen molar-refractivity contribution in [3.63, 3.8) is 0 Å². The SMILES string of the molecule is COc1ccc(-c2nnc(C(=O)O)o2)c(OC)c1. The second kappa shape index (κ2) is 4.74. The predicted molar refractivity (Wildman–Crippen MR) is 59.8 cm³/mol. The zero-order valence-corrected chi connectivity index (χ0v) is 9.71. The lowest BCUT2D eigenvalue weighted by Gasteiger charge is -2.07. The Morgan fingerprint density at radius 1 is 1.28 bits per heavy atom. The summed E-state index contributed by atoms with van der Waals surface area (Å²) in [6, 6.07) is 4.97. The Morgan fingerprint density at radius 3 is 2.61 bits per heavy atom. The van der Waals surface area contributed by atoms with Gasteiger partial charge in [0.25, 0.3) is 5.89 Å². The van der Waals surface area contributed by atoms with E-state index in [1.54, 1.807) is 18.2 Å². The quantitative estimate of drug-likeness (QED) is 0.877. The lowest BCUT2D eigenvalue weighted by atomic mass is 10.2. The molecule has 94 valence electrons. The molecule has 0 aliphatic rings. The summed E-state index contributed by atoms with van der Waals surface area (Å²) in [7, 11) is 3.01. The molecule has 0 aliphatic heterocycles. The normalized spacial score (nSPS) is 10.1. The highest BCUT2D eigenvalue weighted by molar-refractivity contribution is 5.82.